The second-order valence-corrected chi connectivity index (χ2v) is 5.36. The molecule has 13 heavy (non-hydrogen) atoms. The van der Waals surface area contributed by atoms with E-state index in [0.29, 0.717) is 5.41 Å². The molecular formula is C13H28. The maximum atomic E-state index is 2.40. The van der Waals surface area contributed by atoms with Crippen LogP contribution in [0.15, 0.2) is 0 Å². The highest BCUT2D eigenvalue weighted by atomic mass is 14.3. The van der Waals surface area contributed by atoms with Gasteiger partial charge in [0.2, 0.25) is 0 Å². The van der Waals surface area contributed by atoms with E-state index >= 15 is 0 Å². The van der Waals surface area contributed by atoms with Crippen LogP contribution in [0.1, 0.15) is 67.2 Å². The first-order valence-electron chi connectivity index (χ1n) is 5.94. The van der Waals surface area contributed by atoms with Crippen LogP contribution in [-0.2, 0) is 0 Å². The maximum Gasteiger partial charge on any atom is -0.0331 e. The Bertz CT molecular complexity index is 118. The first-order valence-corrected chi connectivity index (χ1v) is 5.94. The lowest BCUT2D eigenvalue weighted by Crippen LogP contribution is -2.20. The van der Waals surface area contributed by atoms with Crippen LogP contribution < -0.4 is 0 Å². The molecule has 0 saturated heterocycles. The second kappa shape index (κ2) is 5.67. The molecule has 0 aromatic heterocycles. The van der Waals surface area contributed by atoms with Crippen LogP contribution in [0.25, 0.3) is 0 Å². The molecule has 0 N–H and O–H groups in total. The Labute approximate surface area is 85.1 Å². The molecule has 0 nitrogen and oxygen atoms in total. The van der Waals surface area contributed by atoms with Crippen LogP contribution in [0.5, 0.6) is 0 Å². The summed E-state index contributed by atoms with van der Waals surface area (Å²) in [6.07, 6.45) is 5.50. The molecule has 0 aromatic carbocycles. The average molecular weight is 184 g/mol. The highest BCUT2D eigenvalue weighted by Gasteiger charge is 2.22. The summed E-state index contributed by atoms with van der Waals surface area (Å²) >= 11 is 0. The molecule has 0 unspecified atom stereocenters. The van der Waals surface area contributed by atoms with Crippen LogP contribution in [0.4, 0.5) is 0 Å². The van der Waals surface area contributed by atoms with Crippen LogP contribution in [-0.4, -0.2) is 0 Å². The molecule has 0 bridgehead atoms. The van der Waals surface area contributed by atoms with Crippen LogP contribution in [0, 0.1) is 17.3 Å². The van der Waals surface area contributed by atoms with Crippen molar-refractivity contribution in [2.24, 2.45) is 17.3 Å². The van der Waals surface area contributed by atoms with Crippen molar-refractivity contribution >= 4 is 0 Å². The highest BCUT2D eigenvalue weighted by molar-refractivity contribution is 4.73. The van der Waals surface area contributed by atoms with Gasteiger partial charge in [-0.25, -0.2) is 0 Å². The highest BCUT2D eigenvalue weighted by Crippen LogP contribution is 2.33. The van der Waals surface area contributed by atoms with Gasteiger partial charge in [0.15, 0.2) is 0 Å². The minimum Gasteiger partial charge on any atom is -0.0651 e. The van der Waals surface area contributed by atoms with E-state index in [1.807, 2.05) is 0 Å². The number of hydrogen-bond acceptors (Lipinski definition) is 0. The zero-order chi connectivity index (χ0) is 10.5. The van der Waals surface area contributed by atoms with Gasteiger partial charge in [0.05, 0.1) is 0 Å². The summed E-state index contributed by atoms with van der Waals surface area (Å²) in [7, 11) is 0. The smallest absolute Gasteiger partial charge is 0.0331 e. The fourth-order valence-corrected chi connectivity index (χ4v) is 1.56. The first kappa shape index (κ1) is 13.0. The molecule has 0 fully saturated rings. The van der Waals surface area contributed by atoms with Crippen molar-refractivity contribution in [1.82, 2.24) is 0 Å². The Hall–Kier alpha value is 0. The predicted molar refractivity (Wildman–Crippen MR) is 61.9 cm³/mol. The minimum absolute atomic E-state index is 0.530. The standard InChI is InChI=1S/C13H28/c1-7-12(8-2)9-10-13(5,6)11(3)4/h11-12H,7-10H2,1-6H3. The average Bonchev–Trinajstić information content (AvgIpc) is 2.06. The van der Waals surface area contributed by atoms with E-state index in [-0.39, 0.29) is 0 Å². The lowest BCUT2D eigenvalue weighted by Gasteiger charge is -2.30. The SMILES string of the molecule is CCC(CC)CCC(C)(C)C(C)C. The molecule has 0 rings (SSSR count). The van der Waals surface area contributed by atoms with Gasteiger partial charge < -0.3 is 0 Å². The summed E-state index contributed by atoms with van der Waals surface area (Å²) < 4.78 is 0. The van der Waals surface area contributed by atoms with E-state index in [4.69, 9.17) is 0 Å². The molecule has 0 aliphatic heterocycles. The molecule has 0 heterocycles. The maximum absolute atomic E-state index is 2.40. The minimum atomic E-state index is 0.530. The summed E-state index contributed by atoms with van der Waals surface area (Å²) in [6, 6.07) is 0. The summed E-state index contributed by atoms with van der Waals surface area (Å²) in [5, 5.41) is 0. The van der Waals surface area contributed by atoms with E-state index in [2.05, 4.69) is 41.5 Å². The van der Waals surface area contributed by atoms with E-state index in [1.54, 1.807) is 0 Å². The Morgan fingerprint density at radius 2 is 1.46 bits per heavy atom. The Morgan fingerprint density at radius 1 is 1.00 bits per heavy atom. The molecular weight excluding hydrogens is 156 g/mol. The summed E-state index contributed by atoms with van der Waals surface area (Å²) in [4.78, 5) is 0. The van der Waals surface area contributed by atoms with Gasteiger partial charge in [-0.3, -0.25) is 0 Å². The Morgan fingerprint density at radius 3 is 1.77 bits per heavy atom. The molecule has 0 amide bonds. The fraction of sp³-hybridized carbons (Fsp3) is 1.00. The molecule has 0 radical (unpaired) electrons. The summed E-state index contributed by atoms with van der Waals surface area (Å²) in [5.41, 5.74) is 0.530. The molecule has 0 saturated carbocycles. The van der Waals surface area contributed by atoms with Gasteiger partial charge in [0.1, 0.15) is 0 Å². The van der Waals surface area contributed by atoms with Gasteiger partial charge in [-0.05, 0) is 30.1 Å². The lowest BCUT2D eigenvalue weighted by atomic mass is 9.75. The van der Waals surface area contributed by atoms with Crippen LogP contribution in [0.2, 0.25) is 0 Å². The van der Waals surface area contributed by atoms with Crippen molar-refractivity contribution in [3.05, 3.63) is 0 Å². The Kier molecular flexibility index (Phi) is 5.67. The largest absolute Gasteiger partial charge is 0.0651 e. The van der Waals surface area contributed by atoms with Crippen molar-refractivity contribution in [2.45, 2.75) is 67.2 Å². The number of rotatable bonds is 6. The molecule has 80 valence electrons. The molecule has 0 atom stereocenters. The zero-order valence-corrected chi connectivity index (χ0v) is 10.5. The second-order valence-electron chi connectivity index (χ2n) is 5.36. The van der Waals surface area contributed by atoms with Gasteiger partial charge in [-0.2, -0.15) is 0 Å². The summed E-state index contributed by atoms with van der Waals surface area (Å²) in [5.74, 6) is 1.76. The van der Waals surface area contributed by atoms with Gasteiger partial charge in [0.25, 0.3) is 0 Å². The molecule has 0 spiro atoms. The van der Waals surface area contributed by atoms with Gasteiger partial charge in [-0.1, -0.05) is 54.4 Å². The number of hydrogen-bond donors (Lipinski definition) is 0. The molecule has 0 aliphatic rings. The van der Waals surface area contributed by atoms with Crippen molar-refractivity contribution in [2.75, 3.05) is 0 Å². The van der Waals surface area contributed by atoms with Gasteiger partial charge >= 0.3 is 0 Å². The van der Waals surface area contributed by atoms with Crippen LogP contribution in [0.3, 0.4) is 0 Å². The lowest BCUT2D eigenvalue weighted by molar-refractivity contribution is 0.205. The third-order valence-corrected chi connectivity index (χ3v) is 3.91. The van der Waals surface area contributed by atoms with Crippen LogP contribution >= 0.6 is 0 Å². The van der Waals surface area contributed by atoms with Crippen molar-refractivity contribution in [1.29, 1.82) is 0 Å². The van der Waals surface area contributed by atoms with E-state index < -0.39 is 0 Å². The van der Waals surface area contributed by atoms with E-state index in [1.165, 1.54) is 25.7 Å². The fourth-order valence-electron chi connectivity index (χ4n) is 1.56. The quantitative estimate of drug-likeness (QED) is 0.551. The molecule has 0 heteroatoms. The monoisotopic (exact) mass is 184 g/mol. The van der Waals surface area contributed by atoms with Crippen molar-refractivity contribution in [3.8, 4) is 0 Å². The predicted octanol–water partition coefficient (Wildman–Crippen LogP) is 4.89. The zero-order valence-electron chi connectivity index (χ0n) is 10.5. The van der Waals surface area contributed by atoms with E-state index in [9.17, 15) is 0 Å². The topological polar surface area (TPSA) is 0 Å². The normalized spacial score (nSPS) is 12.9. The molecule has 0 aliphatic carbocycles. The van der Waals surface area contributed by atoms with Crippen molar-refractivity contribution in [3.63, 3.8) is 0 Å². The van der Waals surface area contributed by atoms with Gasteiger partial charge in [-0.15, -0.1) is 0 Å². The molecule has 0 aromatic rings. The summed E-state index contributed by atoms with van der Waals surface area (Å²) in [6.45, 7) is 14.1. The van der Waals surface area contributed by atoms with Crippen molar-refractivity contribution < 1.29 is 0 Å². The third kappa shape index (κ3) is 4.69. The Balaban J connectivity index is 3.85. The first-order chi connectivity index (χ1) is 5.94. The van der Waals surface area contributed by atoms with Gasteiger partial charge in [0, 0.05) is 0 Å². The third-order valence-electron chi connectivity index (χ3n) is 3.91. The van der Waals surface area contributed by atoms with E-state index in [0.717, 1.165) is 11.8 Å².